The Morgan fingerprint density at radius 1 is 1.23 bits per heavy atom. The number of thiophene rings is 1. The Bertz CT molecular complexity index is 1150. The molecule has 30 heavy (non-hydrogen) atoms. The number of allylic oxidation sites excluding steroid dienone is 1. The molecule has 1 aromatic carbocycles. The summed E-state index contributed by atoms with van der Waals surface area (Å²) in [6.45, 7) is 5.59. The Kier molecular flexibility index (Phi) is 5.40. The standard InChI is InChI=1S/C21H19FN4O2S2/c1-11-10-17(25-28-11)23-20(27)18-13(3)26(15-7-5-14(22)6-8-15)21(29)24-19(18)16-9-4-12(2)30-16/h4-10,19H,1-3H3,(H,24,29)(H,23,25,27). The monoisotopic (exact) mass is 442 g/mol. The molecule has 1 amide bonds. The van der Waals surface area contributed by atoms with Gasteiger partial charge in [0.25, 0.3) is 5.91 Å². The van der Waals surface area contributed by atoms with Crippen LogP contribution in [-0.4, -0.2) is 16.2 Å². The van der Waals surface area contributed by atoms with E-state index in [1.807, 2.05) is 26.0 Å². The first kappa shape index (κ1) is 20.2. The molecule has 0 bridgehead atoms. The average Bonchev–Trinajstić information content (AvgIpc) is 3.30. The molecule has 0 aliphatic carbocycles. The summed E-state index contributed by atoms with van der Waals surface area (Å²) in [5.74, 6) is 0.263. The lowest BCUT2D eigenvalue weighted by Gasteiger charge is -2.37. The van der Waals surface area contributed by atoms with Gasteiger partial charge < -0.3 is 15.2 Å². The number of aryl methyl sites for hydroxylation is 2. The van der Waals surface area contributed by atoms with Crippen LogP contribution >= 0.6 is 23.6 Å². The molecule has 3 heterocycles. The van der Waals surface area contributed by atoms with E-state index in [1.54, 1.807) is 41.4 Å². The minimum absolute atomic E-state index is 0.320. The van der Waals surface area contributed by atoms with E-state index in [1.165, 1.54) is 12.1 Å². The maximum absolute atomic E-state index is 13.4. The van der Waals surface area contributed by atoms with Gasteiger partial charge in [-0.3, -0.25) is 9.69 Å². The fourth-order valence-corrected chi connectivity index (χ4v) is 4.67. The number of thiocarbonyl (C=S) groups is 1. The van der Waals surface area contributed by atoms with Gasteiger partial charge in [0.15, 0.2) is 10.9 Å². The number of anilines is 2. The molecular formula is C21H19FN4O2S2. The van der Waals surface area contributed by atoms with Crippen LogP contribution in [0.2, 0.25) is 0 Å². The first-order valence-electron chi connectivity index (χ1n) is 9.21. The molecule has 1 aliphatic rings. The molecule has 2 N–H and O–H groups in total. The molecule has 0 spiro atoms. The van der Waals surface area contributed by atoms with Gasteiger partial charge >= 0.3 is 0 Å². The Balaban J connectivity index is 1.79. The van der Waals surface area contributed by atoms with E-state index in [4.69, 9.17) is 16.7 Å². The highest BCUT2D eigenvalue weighted by Gasteiger charge is 2.35. The van der Waals surface area contributed by atoms with Crippen molar-refractivity contribution < 1.29 is 13.7 Å². The zero-order valence-corrected chi connectivity index (χ0v) is 18.2. The SMILES string of the molecule is CC1=C(C(=O)Nc2cc(C)on2)C(c2ccc(C)s2)NC(=S)N1c1ccc(F)cc1. The molecule has 0 saturated carbocycles. The number of nitrogens with zero attached hydrogens (tertiary/aromatic N) is 2. The van der Waals surface area contributed by atoms with Crippen molar-refractivity contribution in [1.29, 1.82) is 0 Å². The molecule has 1 aliphatic heterocycles. The van der Waals surface area contributed by atoms with Gasteiger partial charge in [-0.1, -0.05) is 5.16 Å². The van der Waals surface area contributed by atoms with Crippen LogP contribution in [0.5, 0.6) is 0 Å². The van der Waals surface area contributed by atoms with Crippen LogP contribution in [0.1, 0.15) is 28.5 Å². The Morgan fingerprint density at radius 3 is 2.57 bits per heavy atom. The summed E-state index contributed by atoms with van der Waals surface area (Å²) in [4.78, 5) is 17.1. The van der Waals surface area contributed by atoms with Crippen LogP contribution in [0.3, 0.4) is 0 Å². The van der Waals surface area contributed by atoms with Crippen molar-refractivity contribution in [3.05, 3.63) is 75.1 Å². The molecule has 2 aromatic heterocycles. The van der Waals surface area contributed by atoms with Gasteiger partial charge in [0.05, 0.1) is 11.6 Å². The molecule has 0 radical (unpaired) electrons. The largest absolute Gasteiger partial charge is 0.360 e. The van der Waals surface area contributed by atoms with E-state index in [9.17, 15) is 9.18 Å². The summed E-state index contributed by atoms with van der Waals surface area (Å²) in [5.41, 5.74) is 1.81. The number of hydrogen-bond donors (Lipinski definition) is 2. The van der Waals surface area contributed by atoms with Crippen molar-refractivity contribution in [2.45, 2.75) is 26.8 Å². The van der Waals surface area contributed by atoms with Gasteiger partial charge in [0.2, 0.25) is 0 Å². The Labute approximate surface area is 182 Å². The summed E-state index contributed by atoms with van der Waals surface area (Å²) in [5, 5.41) is 10.4. The lowest BCUT2D eigenvalue weighted by molar-refractivity contribution is -0.113. The molecule has 1 unspecified atom stereocenters. The molecule has 0 fully saturated rings. The predicted molar refractivity (Wildman–Crippen MR) is 119 cm³/mol. The van der Waals surface area contributed by atoms with E-state index in [2.05, 4.69) is 15.8 Å². The van der Waals surface area contributed by atoms with Gasteiger partial charge in [-0.25, -0.2) is 4.39 Å². The van der Waals surface area contributed by atoms with Crippen LogP contribution in [-0.2, 0) is 4.79 Å². The predicted octanol–water partition coefficient (Wildman–Crippen LogP) is 4.84. The molecule has 3 aromatic rings. The number of carbonyl (C=O) groups is 1. The van der Waals surface area contributed by atoms with Crippen molar-refractivity contribution >= 4 is 46.1 Å². The van der Waals surface area contributed by atoms with Crippen molar-refractivity contribution in [1.82, 2.24) is 10.5 Å². The Hall–Kier alpha value is -3.04. The van der Waals surface area contributed by atoms with Crippen LogP contribution < -0.4 is 15.5 Å². The molecule has 4 rings (SSSR count). The zero-order valence-electron chi connectivity index (χ0n) is 16.5. The zero-order chi connectivity index (χ0) is 21.4. The van der Waals surface area contributed by atoms with Crippen molar-refractivity contribution in [2.75, 3.05) is 10.2 Å². The van der Waals surface area contributed by atoms with Gasteiger partial charge in [-0.2, -0.15) is 0 Å². The number of aromatic nitrogens is 1. The number of hydrogen-bond acceptors (Lipinski definition) is 5. The van der Waals surface area contributed by atoms with E-state index < -0.39 is 6.04 Å². The quantitative estimate of drug-likeness (QED) is 0.564. The van der Waals surface area contributed by atoms with Crippen LogP contribution in [0.4, 0.5) is 15.9 Å². The van der Waals surface area contributed by atoms with Crippen molar-refractivity contribution in [2.24, 2.45) is 0 Å². The molecular weight excluding hydrogens is 423 g/mol. The van der Waals surface area contributed by atoms with Crippen molar-refractivity contribution in [3.8, 4) is 0 Å². The second kappa shape index (κ2) is 8.00. The highest BCUT2D eigenvalue weighted by molar-refractivity contribution is 7.80. The molecule has 154 valence electrons. The third-order valence-corrected chi connectivity index (χ3v) is 6.10. The minimum atomic E-state index is -0.416. The number of rotatable bonds is 4. The van der Waals surface area contributed by atoms with Gasteiger partial charge in [-0.15, -0.1) is 11.3 Å². The third kappa shape index (κ3) is 3.86. The maximum atomic E-state index is 13.4. The number of carbonyl (C=O) groups excluding carboxylic acids is 1. The minimum Gasteiger partial charge on any atom is -0.360 e. The lowest BCUT2D eigenvalue weighted by Crippen LogP contribution is -2.48. The van der Waals surface area contributed by atoms with Crippen LogP contribution in [0.25, 0.3) is 0 Å². The normalized spacial score (nSPS) is 16.6. The summed E-state index contributed by atoms with van der Waals surface area (Å²) in [6, 6.07) is 11.2. The summed E-state index contributed by atoms with van der Waals surface area (Å²) in [7, 11) is 0. The summed E-state index contributed by atoms with van der Waals surface area (Å²) < 4.78 is 18.5. The fraction of sp³-hybridized carbons (Fsp3) is 0.190. The van der Waals surface area contributed by atoms with Gasteiger partial charge in [0, 0.05) is 27.2 Å². The van der Waals surface area contributed by atoms with Crippen LogP contribution in [0, 0.1) is 19.7 Å². The number of nitrogens with one attached hydrogen (secondary N) is 2. The first-order valence-corrected chi connectivity index (χ1v) is 10.4. The second-order valence-electron chi connectivity index (χ2n) is 6.92. The second-order valence-corrected chi connectivity index (χ2v) is 8.62. The van der Waals surface area contributed by atoms with E-state index in [0.717, 1.165) is 9.75 Å². The number of halogens is 1. The molecule has 0 saturated heterocycles. The fourth-order valence-electron chi connectivity index (χ4n) is 3.37. The molecule has 1 atom stereocenters. The molecule has 6 nitrogen and oxygen atoms in total. The summed E-state index contributed by atoms with van der Waals surface area (Å²) in [6.07, 6.45) is 0. The van der Waals surface area contributed by atoms with Gasteiger partial charge in [0.1, 0.15) is 11.6 Å². The number of amides is 1. The van der Waals surface area contributed by atoms with Crippen molar-refractivity contribution in [3.63, 3.8) is 0 Å². The molecule has 9 heteroatoms. The summed E-state index contributed by atoms with van der Waals surface area (Å²) >= 11 is 7.20. The highest BCUT2D eigenvalue weighted by atomic mass is 32.1. The van der Waals surface area contributed by atoms with Gasteiger partial charge in [-0.05, 0) is 69.4 Å². The maximum Gasteiger partial charge on any atom is 0.257 e. The topological polar surface area (TPSA) is 70.4 Å². The lowest BCUT2D eigenvalue weighted by atomic mass is 9.99. The van der Waals surface area contributed by atoms with Crippen LogP contribution in [0.15, 0.2) is 58.3 Å². The highest BCUT2D eigenvalue weighted by Crippen LogP contribution is 2.36. The third-order valence-electron chi connectivity index (χ3n) is 4.73. The van der Waals surface area contributed by atoms with E-state index in [0.29, 0.717) is 33.6 Å². The van der Waals surface area contributed by atoms with E-state index >= 15 is 0 Å². The van der Waals surface area contributed by atoms with E-state index in [-0.39, 0.29) is 11.7 Å². The smallest absolute Gasteiger partial charge is 0.257 e. The average molecular weight is 443 g/mol. The Morgan fingerprint density at radius 2 is 1.97 bits per heavy atom. The first-order chi connectivity index (χ1) is 14.3. The number of benzene rings is 1.